The first kappa shape index (κ1) is 22.7. The van der Waals surface area contributed by atoms with Crippen LogP contribution in [0.2, 0.25) is 0 Å². The van der Waals surface area contributed by atoms with Crippen LogP contribution in [0.25, 0.3) is 0 Å². The number of amides is 1. The van der Waals surface area contributed by atoms with Gasteiger partial charge in [-0.3, -0.25) is 9.10 Å². The molecule has 2 aromatic carbocycles. The lowest BCUT2D eigenvalue weighted by atomic mass is 10.1. The second kappa shape index (κ2) is 10.9. The molecule has 0 unspecified atom stereocenters. The van der Waals surface area contributed by atoms with Crippen molar-refractivity contribution < 1.29 is 17.9 Å². The van der Waals surface area contributed by atoms with Gasteiger partial charge in [0.1, 0.15) is 12.3 Å². The summed E-state index contributed by atoms with van der Waals surface area (Å²) in [5, 5.41) is 2.89. The van der Waals surface area contributed by atoms with Crippen molar-refractivity contribution in [1.82, 2.24) is 5.32 Å². The number of carbonyl (C=O) groups is 1. The maximum absolute atomic E-state index is 12.5. The van der Waals surface area contributed by atoms with Crippen LogP contribution in [0.1, 0.15) is 32.3 Å². The monoisotopic (exact) mass is 418 g/mol. The van der Waals surface area contributed by atoms with E-state index >= 15 is 0 Å². The summed E-state index contributed by atoms with van der Waals surface area (Å²) in [4.78, 5) is 12.5. The van der Waals surface area contributed by atoms with E-state index in [1.165, 1.54) is 5.56 Å². The first-order valence-corrected chi connectivity index (χ1v) is 11.7. The Labute approximate surface area is 173 Å². The van der Waals surface area contributed by atoms with E-state index in [-0.39, 0.29) is 18.5 Å². The third kappa shape index (κ3) is 7.77. The lowest BCUT2D eigenvalue weighted by Crippen LogP contribution is -2.43. The van der Waals surface area contributed by atoms with Crippen molar-refractivity contribution in [1.29, 1.82) is 0 Å². The minimum atomic E-state index is -3.60. The lowest BCUT2D eigenvalue weighted by molar-refractivity contribution is -0.120. The van der Waals surface area contributed by atoms with Gasteiger partial charge >= 0.3 is 0 Å². The predicted molar refractivity (Wildman–Crippen MR) is 117 cm³/mol. The lowest BCUT2D eigenvalue weighted by Gasteiger charge is -2.23. The number of hydrogen-bond donors (Lipinski definition) is 1. The highest BCUT2D eigenvalue weighted by Gasteiger charge is 2.21. The number of carbonyl (C=O) groups excluding carboxylic acids is 1. The Morgan fingerprint density at radius 3 is 2.34 bits per heavy atom. The van der Waals surface area contributed by atoms with Gasteiger partial charge in [-0.1, -0.05) is 37.3 Å². The van der Waals surface area contributed by atoms with Crippen molar-refractivity contribution in [3.63, 3.8) is 0 Å². The molecule has 1 atom stereocenters. The maximum Gasteiger partial charge on any atom is 0.240 e. The van der Waals surface area contributed by atoms with Gasteiger partial charge in [-0.15, -0.1) is 0 Å². The second-order valence-electron chi connectivity index (χ2n) is 7.10. The van der Waals surface area contributed by atoms with Gasteiger partial charge < -0.3 is 10.1 Å². The molecule has 7 heteroatoms. The highest BCUT2D eigenvalue weighted by Crippen LogP contribution is 2.21. The topological polar surface area (TPSA) is 75.7 Å². The molecule has 2 rings (SSSR count). The Kier molecular flexibility index (Phi) is 8.51. The number of rotatable bonds is 11. The zero-order valence-corrected chi connectivity index (χ0v) is 18.1. The molecule has 0 heterocycles. The van der Waals surface area contributed by atoms with E-state index in [1.807, 2.05) is 44.2 Å². The Morgan fingerprint density at radius 2 is 1.76 bits per heavy atom. The fourth-order valence-electron chi connectivity index (χ4n) is 2.88. The zero-order chi connectivity index (χ0) is 21.3. The van der Waals surface area contributed by atoms with Gasteiger partial charge in [-0.2, -0.15) is 0 Å². The largest absolute Gasteiger partial charge is 0.494 e. The average molecular weight is 419 g/mol. The van der Waals surface area contributed by atoms with E-state index in [2.05, 4.69) is 5.32 Å². The van der Waals surface area contributed by atoms with Gasteiger partial charge in [0.15, 0.2) is 0 Å². The van der Waals surface area contributed by atoms with Crippen molar-refractivity contribution in [2.75, 3.05) is 23.7 Å². The van der Waals surface area contributed by atoms with Gasteiger partial charge in [-0.25, -0.2) is 8.42 Å². The number of nitrogens with zero attached hydrogens (tertiary/aromatic N) is 1. The first-order valence-electron chi connectivity index (χ1n) is 9.83. The first-order chi connectivity index (χ1) is 13.8. The normalized spacial score (nSPS) is 12.2. The van der Waals surface area contributed by atoms with Crippen LogP contribution < -0.4 is 14.4 Å². The van der Waals surface area contributed by atoms with Crippen LogP contribution in [-0.4, -0.2) is 39.8 Å². The minimum Gasteiger partial charge on any atom is -0.494 e. The van der Waals surface area contributed by atoms with Gasteiger partial charge in [-0.05, 0) is 56.0 Å². The molecule has 0 saturated carbocycles. The SMILES string of the molecule is CCCOc1ccc(N(CC(=O)N[C@@H](C)CCc2ccccc2)S(C)(=O)=O)cc1. The molecule has 1 amide bonds. The van der Waals surface area contributed by atoms with E-state index in [1.54, 1.807) is 24.3 Å². The molecule has 0 aliphatic heterocycles. The highest BCUT2D eigenvalue weighted by molar-refractivity contribution is 7.92. The van der Waals surface area contributed by atoms with Crippen LogP contribution in [0.5, 0.6) is 5.75 Å². The number of anilines is 1. The van der Waals surface area contributed by atoms with Crippen molar-refractivity contribution in [3.8, 4) is 5.75 Å². The average Bonchev–Trinajstić information content (AvgIpc) is 2.69. The minimum absolute atomic E-state index is 0.0612. The zero-order valence-electron chi connectivity index (χ0n) is 17.3. The van der Waals surface area contributed by atoms with Crippen LogP contribution >= 0.6 is 0 Å². The maximum atomic E-state index is 12.5. The molecule has 0 aliphatic rings. The number of nitrogens with one attached hydrogen (secondary N) is 1. The number of benzene rings is 2. The van der Waals surface area contributed by atoms with Crippen molar-refractivity contribution in [2.45, 2.75) is 39.2 Å². The Hall–Kier alpha value is -2.54. The summed E-state index contributed by atoms with van der Waals surface area (Å²) < 4.78 is 31.1. The van der Waals surface area contributed by atoms with Crippen LogP contribution in [0.15, 0.2) is 54.6 Å². The molecule has 29 heavy (non-hydrogen) atoms. The van der Waals surface area contributed by atoms with Gasteiger partial charge in [0.05, 0.1) is 18.6 Å². The molecule has 6 nitrogen and oxygen atoms in total. The molecule has 0 saturated heterocycles. The number of ether oxygens (including phenoxy) is 1. The van der Waals surface area contributed by atoms with Crippen molar-refractivity contribution >= 4 is 21.6 Å². The Bertz CT molecular complexity index is 867. The van der Waals surface area contributed by atoms with Crippen LogP contribution in [-0.2, 0) is 21.2 Å². The van der Waals surface area contributed by atoms with Crippen LogP contribution in [0, 0.1) is 0 Å². The van der Waals surface area contributed by atoms with E-state index < -0.39 is 10.0 Å². The molecule has 2 aromatic rings. The number of sulfonamides is 1. The van der Waals surface area contributed by atoms with Crippen molar-refractivity contribution in [2.24, 2.45) is 0 Å². The van der Waals surface area contributed by atoms with Gasteiger partial charge in [0.25, 0.3) is 0 Å². The predicted octanol–water partition coefficient (Wildman–Crippen LogP) is 3.38. The second-order valence-corrected chi connectivity index (χ2v) is 9.01. The summed E-state index contributed by atoms with van der Waals surface area (Å²) in [6.45, 7) is 4.27. The number of aryl methyl sites for hydroxylation is 1. The van der Waals surface area contributed by atoms with Gasteiger partial charge in [0, 0.05) is 6.04 Å². The fourth-order valence-corrected chi connectivity index (χ4v) is 3.74. The van der Waals surface area contributed by atoms with Crippen molar-refractivity contribution in [3.05, 3.63) is 60.2 Å². The standard InChI is InChI=1S/C22H30N2O4S/c1-4-16-28-21-14-12-20(13-15-21)24(29(3,26)27)17-22(25)23-18(2)10-11-19-8-6-5-7-9-19/h5-9,12-15,18H,4,10-11,16-17H2,1-3H3,(H,23,25)/t18-/m0/s1. The van der Waals surface area contributed by atoms with Gasteiger partial charge in [0.2, 0.25) is 15.9 Å². The third-order valence-electron chi connectivity index (χ3n) is 4.40. The molecule has 0 spiro atoms. The van der Waals surface area contributed by atoms with E-state index in [0.717, 1.165) is 29.8 Å². The molecule has 0 fully saturated rings. The Morgan fingerprint density at radius 1 is 1.10 bits per heavy atom. The summed E-state index contributed by atoms with van der Waals surface area (Å²) in [6.07, 6.45) is 3.61. The third-order valence-corrected chi connectivity index (χ3v) is 5.54. The number of hydrogen-bond acceptors (Lipinski definition) is 4. The molecule has 158 valence electrons. The Balaban J connectivity index is 1.96. The van der Waals surface area contributed by atoms with E-state index in [0.29, 0.717) is 18.0 Å². The molecular formula is C22H30N2O4S. The quantitative estimate of drug-likeness (QED) is 0.607. The summed E-state index contributed by atoms with van der Waals surface area (Å²) >= 11 is 0. The van der Waals surface area contributed by atoms with E-state index in [4.69, 9.17) is 4.74 Å². The summed E-state index contributed by atoms with van der Waals surface area (Å²) in [7, 11) is -3.60. The summed E-state index contributed by atoms with van der Waals surface area (Å²) in [5.41, 5.74) is 1.64. The molecule has 0 aromatic heterocycles. The highest BCUT2D eigenvalue weighted by atomic mass is 32.2. The molecular weight excluding hydrogens is 388 g/mol. The smallest absolute Gasteiger partial charge is 0.240 e. The summed E-state index contributed by atoms with van der Waals surface area (Å²) in [5.74, 6) is 0.338. The molecule has 1 N–H and O–H groups in total. The molecule has 0 aliphatic carbocycles. The summed E-state index contributed by atoms with van der Waals surface area (Å²) in [6, 6.07) is 16.7. The van der Waals surface area contributed by atoms with Crippen LogP contribution in [0.4, 0.5) is 5.69 Å². The molecule has 0 bridgehead atoms. The molecule has 0 radical (unpaired) electrons. The van der Waals surface area contributed by atoms with Crippen LogP contribution in [0.3, 0.4) is 0 Å². The van der Waals surface area contributed by atoms with E-state index in [9.17, 15) is 13.2 Å². The fraction of sp³-hybridized carbons (Fsp3) is 0.409.